The van der Waals surface area contributed by atoms with Crippen molar-refractivity contribution >= 4 is 29.2 Å². The Hall–Kier alpha value is -3.42. The third kappa shape index (κ3) is 5.33. The molecule has 2 aliphatic heterocycles. The molecule has 1 amide bonds. The van der Waals surface area contributed by atoms with Gasteiger partial charge in [0.2, 0.25) is 0 Å². The molecule has 3 aromatic rings. The Morgan fingerprint density at radius 1 is 1.10 bits per heavy atom. The summed E-state index contributed by atoms with van der Waals surface area (Å²) in [6, 6.07) is 8.62. The average molecular weight is 580 g/mol. The maximum Gasteiger partial charge on any atom is 0.337 e. The molecule has 0 bridgehead atoms. The van der Waals surface area contributed by atoms with E-state index in [0.717, 1.165) is 28.7 Å². The molecule has 3 aromatic carbocycles. The van der Waals surface area contributed by atoms with Crippen LogP contribution in [-0.2, 0) is 22.4 Å². The molecular formula is C33H35ClFNO5. The summed E-state index contributed by atoms with van der Waals surface area (Å²) in [6.07, 6.45) is 0.580. The molecule has 0 radical (unpaired) electrons. The molecule has 0 spiro atoms. The number of anilines is 1. The molecule has 0 fully saturated rings. The molecule has 1 unspecified atom stereocenters. The van der Waals surface area contributed by atoms with Crippen LogP contribution >= 0.6 is 11.6 Å². The molecular weight excluding hydrogens is 545 g/mol. The summed E-state index contributed by atoms with van der Waals surface area (Å²) in [4.78, 5) is 28.2. The van der Waals surface area contributed by atoms with Crippen molar-refractivity contribution in [2.24, 2.45) is 0 Å². The standard InChI is InChI=1S/C33H35ClFNO5/c1-17-9-10-24(34)23(14-17)31(37)36-12-11-21-26(36)15-18(2)27(30(32(38)39)41-33(4,5)6)28(21)22-16-25(35)29-20(19(22)3)8-7-13-40-29/h9-10,14-16,30H,7-8,11-13H2,1-6H3,(H,38,39). The second-order valence-corrected chi connectivity index (χ2v) is 12.3. The van der Waals surface area contributed by atoms with E-state index >= 15 is 4.39 Å². The van der Waals surface area contributed by atoms with E-state index in [-0.39, 0.29) is 11.7 Å². The number of rotatable bonds is 5. The van der Waals surface area contributed by atoms with Gasteiger partial charge in [-0.05, 0) is 113 Å². The van der Waals surface area contributed by atoms with Gasteiger partial charge in [0.25, 0.3) is 5.91 Å². The Balaban J connectivity index is 1.78. The van der Waals surface area contributed by atoms with Crippen molar-refractivity contribution in [1.29, 1.82) is 0 Å². The first kappa shape index (κ1) is 29.1. The lowest BCUT2D eigenvalue weighted by Crippen LogP contribution is -2.30. The number of aliphatic carboxylic acids is 1. The number of hydrogen-bond donors (Lipinski definition) is 1. The fraction of sp³-hybridized carbons (Fsp3) is 0.394. The summed E-state index contributed by atoms with van der Waals surface area (Å²) >= 11 is 6.44. The average Bonchev–Trinajstić information content (AvgIpc) is 3.32. The summed E-state index contributed by atoms with van der Waals surface area (Å²) < 4.78 is 27.4. The number of aryl methyl sites for hydroxylation is 2. The zero-order valence-electron chi connectivity index (χ0n) is 24.3. The van der Waals surface area contributed by atoms with Gasteiger partial charge in [0.05, 0.1) is 22.8 Å². The zero-order chi connectivity index (χ0) is 29.8. The van der Waals surface area contributed by atoms with Crippen molar-refractivity contribution in [3.63, 3.8) is 0 Å². The number of carbonyl (C=O) groups excluding carboxylic acids is 1. The van der Waals surface area contributed by atoms with E-state index < -0.39 is 23.5 Å². The fourth-order valence-electron chi connectivity index (χ4n) is 6.00. The first-order valence-corrected chi connectivity index (χ1v) is 14.3. The Kier molecular flexibility index (Phi) is 7.64. The normalized spacial score (nSPS) is 15.3. The number of fused-ring (bicyclic) bond motifs is 2. The maximum atomic E-state index is 15.6. The number of ether oxygens (including phenoxy) is 2. The lowest BCUT2D eigenvalue weighted by Gasteiger charge is -2.30. The SMILES string of the molecule is Cc1ccc(Cl)c(C(=O)N2CCc3c2cc(C)c(C(OC(C)(C)C)C(=O)O)c3-c2cc(F)c3c(c2C)CCCO3)c1. The van der Waals surface area contributed by atoms with Gasteiger partial charge in [0.15, 0.2) is 17.7 Å². The fourth-order valence-corrected chi connectivity index (χ4v) is 6.20. The topological polar surface area (TPSA) is 76.1 Å². The molecule has 41 heavy (non-hydrogen) atoms. The largest absolute Gasteiger partial charge is 0.490 e. The van der Waals surface area contributed by atoms with Gasteiger partial charge in [-0.3, -0.25) is 4.79 Å². The Labute approximate surface area is 245 Å². The van der Waals surface area contributed by atoms with E-state index in [2.05, 4.69) is 0 Å². The minimum Gasteiger partial charge on any atom is -0.490 e. The van der Waals surface area contributed by atoms with Crippen LogP contribution in [0.4, 0.5) is 10.1 Å². The van der Waals surface area contributed by atoms with Gasteiger partial charge in [-0.1, -0.05) is 23.2 Å². The number of amides is 1. The second kappa shape index (κ2) is 10.8. The number of carbonyl (C=O) groups is 2. The highest BCUT2D eigenvalue weighted by molar-refractivity contribution is 6.34. The second-order valence-electron chi connectivity index (χ2n) is 11.9. The third-order valence-corrected chi connectivity index (χ3v) is 8.13. The molecule has 0 saturated heterocycles. The van der Waals surface area contributed by atoms with Crippen LogP contribution in [0.1, 0.15) is 77.0 Å². The molecule has 2 heterocycles. The summed E-state index contributed by atoms with van der Waals surface area (Å²) in [7, 11) is 0. The number of halogens is 2. The molecule has 1 N–H and O–H groups in total. The van der Waals surface area contributed by atoms with Crippen molar-refractivity contribution in [3.05, 3.63) is 80.1 Å². The third-order valence-electron chi connectivity index (χ3n) is 7.80. The number of hydrogen-bond acceptors (Lipinski definition) is 4. The van der Waals surface area contributed by atoms with Crippen LogP contribution in [0.25, 0.3) is 11.1 Å². The highest BCUT2D eigenvalue weighted by atomic mass is 35.5. The monoisotopic (exact) mass is 579 g/mol. The Bertz CT molecular complexity index is 1580. The van der Waals surface area contributed by atoms with Crippen molar-refractivity contribution < 1.29 is 28.6 Å². The molecule has 0 saturated carbocycles. The highest BCUT2D eigenvalue weighted by Gasteiger charge is 2.37. The van der Waals surface area contributed by atoms with Crippen LogP contribution in [-0.4, -0.2) is 35.7 Å². The van der Waals surface area contributed by atoms with Crippen molar-refractivity contribution in [1.82, 2.24) is 0 Å². The number of carboxylic acids is 1. The van der Waals surface area contributed by atoms with E-state index in [0.29, 0.717) is 64.5 Å². The first-order chi connectivity index (χ1) is 19.3. The summed E-state index contributed by atoms with van der Waals surface area (Å²) in [5.74, 6) is -1.60. The van der Waals surface area contributed by atoms with Crippen molar-refractivity contribution in [3.8, 4) is 16.9 Å². The minimum atomic E-state index is -1.30. The van der Waals surface area contributed by atoms with Gasteiger partial charge in [0.1, 0.15) is 0 Å². The van der Waals surface area contributed by atoms with Crippen LogP contribution in [0.3, 0.4) is 0 Å². The zero-order valence-corrected chi connectivity index (χ0v) is 25.0. The van der Waals surface area contributed by atoms with E-state index in [4.69, 9.17) is 21.1 Å². The van der Waals surface area contributed by atoms with Gasteiger partial charge in [0, 0.05) is 23.4 Å². The van der Waals surface area contributed by atoms with Gasteiger partial charge >= 0.3 is 5.97 Å². The summed E-state index contributed by atoms with van der Waals surface area (Å²) in [5.41, 5.74) is 5.91. The molecule has 0 aromatic heterocycles. The molecule has 216 valence electrons. The Morgan fingerprint density at radius 3 is 2.51 bits per heavy atom. The molecule has 0 aliphatic carbocycles. The van der Waals surface area contributed by atoms with Crippen molar-refractivity contribution in [2.45, 2.75) is 72.5 Å². The van der Waals surface area contributed by atoms with E-state index in [1.54, 1.807) is 37.8 Å². The smallest absolute Gasteiger partial charge is 0.337 e. The molecule has 5 rings (SSSR count). The van der Waals surface area contributed by atoms with Crippen molar-refractivity contribution in [2.75, 3.05) is 18.1 Å². The number of nitrogens with zero attached hydrogens (tertiary/aromatic N) is 1. The molecule has 6 nitrogen and oxygen atoms in total. The predicted molar refractivity (Wildman–Crippen MR) is 158 cm³/mol. The van der Waals surface area contributed by atoms with E-state index in [1.807, 2.05) is 32.9 Å². The summed E-state index contributed by atoms with van der Waals surface area (Å²) in [5, 5.41) is 10.8. The van der Waals surface area contributed by atoms with Crippen LogP contribution in [0.5, 0.6) is 5.75 Å². The van der Waals surface area contributed by atoms with Crippen LogP contribution < -0.4 is 9.64 Å². The van der Waals surface area contributed by atoms with E-state index in [1.165, 1.54) is 6.07 Å². The predicted octanol–water partition coefficient (Wildman–Crippen LogP) is 7.54. The first-order valence-electron chi connectivity index (χ1n) is 13.9. The van der Waals surface area contributed by atoms with E-state index in [9.17, 15) is 14.7 Å². The molecule has 1 atom stereocenters. The summed E-state index contributed by atoms with van der Waals surface area (Å²) in [6.45, 7) is 11.9. The molecule has 2 aliphatic rings. The van der Waals surface area contributed by atoms with Gasteiger partial charge in [-0.25, -0.2) is 9.18 Å². The maximum absolute atomic E-state index is 15.6. The van der Waals surface area contributed by atoms with Gasteiger partial charge in [-0.2, -0.15) is 0 Å². The highest BCUT2D eigenvalue weighted by Crippen LogP contribution is 2.48. The van der Waals surface area contributed by atoms with Crippen LogP contribution in [0, 0.1) is 26.6 Å². The Morgan fingerprint density at radius 2 is 1.83 bits per heavy atom. The quantitative estimate of drug-likeness (QED) is 0.338. The molecule has 8 heteroatoms. The van der Waals surface area contributed by atoms with Gasteiger partial charge < -0.3 is 19.5 Å². The number of benzene rings is 3. The van der Waals surface area contributed by atoms with Gasteiger partial charge in [-0.15, -0.1) is 0 Å². The lowest BCUT2D eigenvalue weighted by molar-refractivity contribution is -0.160. The number of carboxylic acid groups (broad SMARTS) is 1. The van der Waals surface area contributed by atoms with Crippen LogP contribution in [0.15, 0.2) is 30.3 Å². The lowest BCUT2D eigenvalue weighted by atomic mass is 9.83. The van der Waals surface area contributed by atoms with Crippen LogP contribution in [0.2, 0.25) is 5.02 Å². The minimum absolute atomic E-state index is 0.238.